The summed E-state index contributed by atoms with van der Waals surface area (Å²) in [4.78, 5) is 10.9. The molecule has 0 aliphatic carbocycles. The van der Waals surface area contributed by atoms with Gasteiger partial charge >= 0.3 is 16.4 Å². The van der Waals surface area contributed by atoms with Crippen molar-refractivity contribution in [2.75, 3.05) is 10.8 Å². The van der Waals surface area contributed by atoms with E-state index in [4.69, 9.17) is 0 Å². The maximum absolute atomic E-state index is 12.8. The lowest BCUT2D eigenvalue weighted by Gasteiger charge is -2.19. The number of rotatable bonds is 2. The van der Waals surface area contributed by atoms with Crippen molar-refractivity contribution in [3.8, 4) is 0 Å². The summed E-state index contributed by atoms with van der Waals surface area (Å²) >= 11 is 0. The maximum atomic E-state index is 12.8. The van der Waals surface area contributed by atoms with E-state index in [2.05, 4.69) is 0 Å². The van der Waals surface area contributed by atoms with Crippen molar-refractivity contribution >= 4 is 21.8 Å². The molecule has 0 saturated carbocycles. The highest BCUT2D eigenvalue weighted by atomic mass is 32.2. The van der Waals surface area contributed by atoms with Gasteiger partial charge in [0.25, 0.3) is 0 Å². The first-order chi connectivity index (χ1) is 9.13. The van der Waals surface area contributed by atoms with E-state index in [1.165, 1.54) is 6.07 Å². The number of nitrogens with zero attached hydrogens (tertiary/aromatic N) is 1. The Kier molecular flexibility index (Phi) is 3.41. The smallest absolute Gasteiger partial charge is 0.274 e. The van der Waals surface area contributed by atoms with Crippen LogP contribution in [0.5, 0.6) is 0 Å². The Morgan fingerprint density at radius 2 is 2.00 bits per heavy atom. The highest BCUT2D eigenvalue weighted by Gasteiger charge is 2.39. The van der Waals surface area contributed by atoms with Gasteiger partial charge in [0.05, 0.1) is 11.3 Å². The van der Waals surface area contributed by atoms with Gasteiger partial charge in [-0.1, -0.05) is 6.07 Å². The monoisotopic (exact) mass is 308 g/mol. The quantitative estimate of drug-likeness (QED) is 0.899. The van der Waals surface area contributed by atoms with Crippen LogP contribution in [0.4, 0.5) is 18.9 Å². The van der Waals surface area contributed by atoms with Crippen LogP contribution in [0.15, 0.2) is 18.2 Å². The van der Waals surface area contributed by atoms with Crippen LogP contribution in [-0.4, -0.2) is 20.9 Å². The zero-order valence-corrected chi connectivity index (χ0v) is 11.2. The van der Waals surface area contributed by atoms with Gasteiger partial charge in [-0.25, -0.2) is 4.72 Å². The van der Waals surface area contributed by atoms with Gasteiger partial charge < -0.3 is 0 Å². The summed E-state index contributed by atoms with van der Waals surface area (Å²) in [6, 6.07) is 3.34. The van der Waals surface area contributed by atoms with Crippen LogP contribution in [0.2, 0.25) is 0 Å². The summed E-state index contributed by atoms with van der Waals surface area (Å²) in [5.74, 6) is -0.801. The number of hydrogen-bond donors (Lipinski definition) is 1. The second kappa shape index (κ2) is 4.65. The van der Waals surface area contributed by atoms with Gasteiger partial charge in [-0.15, -0.1) is 0 Å². The second-order valence-electron chi connectivity index (χ2n) is 4.29. The van der Waals surface area contributed by atoms with Gasteiger partial charge in [0.15, 0.2) is 0 Å². The van der Waals surface area contributed by atoms with Crippen LogP contribution in [0, 0.1) is 0 Å². The van der Waals surface area contributed by atoms with Crippen molar-refractivity contribution in [3.63, 3.8) is 0 Å². The molecule has 0 spiro atoms. The third-order valence-corrected chi connectivity index (χ3v) is 4.36. The van der Waals surface area contributed by atoms with Crippen molar-refractivity contribution in [1.82, 2.24) is 4.72 Å². The summed E-state index contributed by atoms with van der Waals surface area (Å²) in [7, 11) is -4.17. The molecule has 0 radical (unpaired) electrons. The summed E-state index contributed by atoms with van der Waals surface area (Å²) in [5.41, 5.74) is -0.974. The number of amides is 1. The maximum Gasteiger partial charge on any atom is 0.416 e. The number of alkyl halides is 3. The minimum Gasteiger partial charge on any atom is -0.274 e. The fourth-order valence-corrected chi connectivity index (χ4v) is 3.39. The van der Waals surface area contributed by atoms with E-state index < -0.39 is 27.9 Å². The molecule has 110 valence electrons. The van der Waals surface area contributed by atoms with Gasteiger partial charge in [0.1, 0.15) is 0 Å². The molecule has 9 heteroatoms. The van der Waals surface area contributed by atoms with Gasteiger partial charge in [-0.3, -0.25) is 9.10 Å². The fraction of sp³-hybridized carbons (Fsp3) is 0.364. The summed E-state index contributed by atoms with van der Waals surface area (Å²) in [6.07, 6.45) is -4.59. The van der Waals surface area contributed by atoms with Crippen LogP contribution in [0.25, 0.3) is 0 Å². The number of fused-ring (bicyclic) bond motifs is 1. The van der Waals surface area contributed by atoms with E-state index in [1.54, 1.807) is 4.72 Å². The highest BCUT2D eigenvalue weighted by Crippen LogP contribution is 2.40. The van der Waals surface area contributed by atoms with Gasteiger partial charge in [-0.2, -0.15) is 21.6 Å². The summed E-state index contributed by atoms with van der Waals surface area (Å²) in [6.45, 7) is 0.881. The van der Waals surface area contributed by atoms with Gasteiger partial charge in [-0.05, 0) is 24.1 Å². The van der Waals surface area contributed by atoms with Crippen LogP contribution >= 0.6 is 0 Å². The Bertz CT molecular complexity index is 655. The minimum atomic E-state index is -4.54. The van der Waals surface area contributed by atoms with E-state index in [-0.39, 0.29) is 24.2 Å². The standard InChI is InChI=1S/C11H11F3N2O3S/c1-7(17)15-20(18,19)16-6-5-8-9(11(12,13)14)3-2-4-10(8)16/h2-4H,5-6H2,1H3,(H,15,17). The topological polar surface area (TPSA) is 66.5 Å². The second-order valence-corrected chi connectivity index (χ2v) is 5.88. The first-order valence-corrected chi connectivity index (χ1v) is 7.07. The Morgan fingerprint density at radius 1 is 1.35 bits per heavy atom. The lowest BCUT2D eigenvalue weighted by Crippen LogP contribution is -2.41. The van der Waals surface area contributed by atoms with Crippen LogP contribution in [0.3, 0.4) is 0 Å². The van der Waals surface area contributed by atoms with Crippen molar-refractivity contribution < 1.29 is 26.4 Å². The van der Waals surface area contributed by atoms with E-state index in [0.29, 0.717) is 0 Å². The van der Waals surface area contributed by atoms with Crippen LogP contribution in [-0.2, 0) is 27.6 Å². The Labute approximate surface area is 113 Å². The van der Waals surface area contributed by atoms with Crippen LogP contribution < -0.4 is 9.03 Å². The molecule has 1 aliphatic heterocycles. The molecule has 0 aromatic heterocycles. The third-order valence-electron chi connectivity index (χ3n) is 2.85. The van der Waals surface area contributed by atoms with E-state index in [1.807, 2.05) is 0 Å². The average Bonchev–Trinajstić information content (AvgIpc) is 2.69. The normalized spacial score (nSPS) is 15.1. The van der Waals surface area contributed by atoms with Crippen molar-refractivity contribution in [3.05, 3.63) is 29.3 Å². The number of nitrogens with one attached hydrogen (secondary N) is 1. The molecule has 0 unspecified atom stereocenters. The third kappa shape index (κ3) is 2.58. The number of anilines is 1. The number of carbonyl (C=O) groups is 1. The number of halogens is 3. The van der Waals surface area contributed by atoms with Gasteiger partial charge in [0.2, 0.25) is 5.91 Å². The molecule has 5 nitrogen and oxygen atoms in total. The van der Waals surface area contributed by atoms with Crippen molar-refractivity contribution in [2.24, 2.45) is 0 Å². The Morgan fingerprint density at radius 3 is 2.55 bits per heavy atom. The molecule has 1 amide bonds. The fourth-order valence-electron chi connectivity index (χ4n) is 2.16. The molecule has 0 fully saturated rings. The molecule has 1 aromatic rings. The van der Waals surface area contributed by atoms with Crippen molar-refractivity contribution in [1.29, 1.82) is 0 Å². The average molecular weight is 308 g/mol. The van der Waals surface area contributed by atoms with E-state index in [9.17, 15) is 26.4 Å². The van der Waals surface area contributed by atoms with Crippen LogP contribution in [0.1, 0.15) is 18.1 Å². The molecule has 1 aromatic carbocycles. The highest BCUT2D eigenvalue weighted by molar-refractivity contribution is 7.91. The predicted molar refractivity (Wildman–Crippen MR) is 65.2 cm³/mol. The summed E-state index contributed by atoms with van der Waals surface area (Å²) in [5, 5.41) is 0. The molecule has 20 heavy (non-hydrogen) atoms. The molecule has 0 bridgehead atoms. The number of carbonyl (C=O) groups excluding carboxylic acids is 1. The largest absolute Gasteiger partial charge is 0.416 e. The molecular formula is C11H11F3N2O3S. The lowest BCUT2D eigenvalue weighted by atomic mass is 10.0. The molecule has 1 N–H and O–H groups in total. The first-order valence-electron chi connectivity index (χ1n) is 5.63. The predicted octanol–water partition coefficient (Wildman–Crippen LogP) is 1.45. The van der Waals surface area contributed by atoms with E-state index in [0.717, 1.165) is 23.4 Å². The molecule has 1 heterocycles. The first kappa shape index (κ1) is 14.6. The van der Waals surface area contributed by atoms with Crippen molar-refractivity contribution in [2.45, 2.75) is 19.5 Å². The Balaban J connectivity index is 2.47. The zero-order valence-electron chi connectivity index (χ0n) is 10.4. The van der Waals surface area contributed by atoms with Gasteiger partial charge in [0, 0.05) is 13.5 Å². The lowest BCUT2D eigenvalue weighted by molar-refractivity contribution is -0.138. The summed E-state index contributed by atoms with van der Waals surface area (Å²) < 4.78 is 64.8. The molecule has 0 saturated heterocycles. The zero-order chi connectivity index (χ0) is 15.1. The number of benzene rings is 1. The SMILES string of the molecule is CC(=O)NS(=O)(=O)N1CCc2c1cccc2C(F)(F)F. The Hall–Kier alpha value is -1.77. The van der Waals surface area contributed by atoms with E-state index >= 15 is 0 Å². The molecule has 0 atom stereocenters. The minimum absolute atomic E-state index is 0.0476. The molecule has 1 aliphatic rings. The number of hydrogen-bond acceptors (Lipinski definition) is 3. The molecular weight excluding hydrogens is 297 g/mol. The molecule has 2 rings (SSSR count).